The van der Waals surface area contributed by atoms with Crippen molar-refractivity contribution < 1.29 is 19.1 Å². The van der Waals surface area contributed by atoms with E-state index in [2.05, 4.69) is 21.5 Å². The molecule has 7 heteroatoms. The van der Waals surface area contributed by atoms with Crippen LogP contribution in [0.4, 0.5) is 5.13 Å². The number of carbonyl (C=O) groups is 2. The highest BCUT2D eigenvalue weighted by atomic mass is 32.1. The lowest BCUT2D eigenvalue weighted by molar-refractivity contribution is 0.0384. The van der Waals surface area contributed by atoms with Crippen LogP contribution in [0.5, 0.6) is 0 Å². The van der Waals surface area contributed by atoms with E-state index in [1.54, 1.807) is 0 Å². The fraction of sp³-hybridized carbons (Fsp3) is 0.615. The third-order valence-electron chi connectivity index (χ3n) is 3.18. The van der Waals surface area contributed by atoms with Crippen LogP contribution in [0, 0.1) is 0 Å². The molecule has 2 heterocycles. The van der Waals surface area contributed by atoms with E-state index in [1.807, 2.05) is 0 Å². The van der Waals surface area contributed by atoms with Crippen LogP contribution >= 0.6 is 11.3 Å². The van der Waals surface area contributed by atoms with Gasteiger partial charge in [-0.3, -0.25) is 4.79 Å². The summed E-state index contributed by atoms with van der Waals surface area (Å²) in [6, 6.07) is 0. The van der Waals surface area contributed by atoms with Gasteiger partial charge in [-0.2, -0.15) is 0 Å². The maximum absolute atomic E-state index is 11.7. The molecule has 1 aromatic rings. The zero-order valence-electron chi connectivity index (χ0n) is 11.8. The van der Waals surface area contributed by atoms with Gasteiger partial charge in [-0.15, -0.1) is 0 Å². The molecule has 6 nitrogen and oxygen atoms in total. The molecule has 0 bridgehead atoms. The predicted molar refractivity (Wildman–Crippen MR) is 75.7 cm³/mol. The molecule has 1 saturated heterocycles. The van der Waals surface area contributed by atoms with Gasteiger partial charge in [-0.25, -0.2) is 9.78 Å². The summed E-state index contributed by atoms with van der Waals surface area (Å²) in [5.74, 6) is -0.743. The summed E-state index contributed by atoms with van der Waals surface area (Å²) in [6.45, 7) is 5.56. The number of aromatic nitrogens is 1. The van der Waals surface area contributed by atoms with Gasteiger partial charge in [0.25, 0.3) is 0 Å². The summed E-state index contributed by atoms with van der Waals surface area (Å²) in [4.78, 5) is 30.0. The standard InChI is InChI=1S/C13H18N2O4S/c1-4-9-7-15(5-6-19-9)13-14-10(12(17)18-3)11(20-13)8(2)16/h9H,4-7H2,1-3H3. The molecule has 0 amide bonds. The monoisotopic (exact) mass is 298 g/mol. The lowest BCUT2D eigenvalue weighted by Crippen LogP contribution is -2.42. The van der Waals surface area contributed by atoms with E-state index in [9.17, 15) is 9.59 Å². The average Bonchev–Trinajstić information content (AvgIpc) is 2.92. The molecule has 1 atom stereocenters. The average molecular weight is 298 g/mol. The molecule has 0 saturated carbocycles. The van der Waals surface area contributed by atoms with Crippen LogP contribution in [0.1, 0.15) is 40.4 Å². The van der Waals surface area contributed by atoms with Gasteiger partial charge in [-0.1, -0.05) is 18.3 Å². The van der Waals surface area contributed by atoms with Crippen LogP contribution in [0.3, 0.4) is 0 Å². The molecule has 1 aliphatic rings. The molecule has 1 unspecified atom stereocenters. The Morgan fingerprint density at radius 1 is 1.55 bits per heavy atom. The Hall–Kier alpha value is -1.47. The zero-order chi connectivity index (χ0) is 14.7. The molecule has 0 aliphatic carbocycles. The number of anilines is 1. The number of thiazole rings is 1. The minimum absolute atomic E-state index is 0.111. The molecule has 2 rings (SSSR count). The molecular formula is C13H18N2O4S. The first-order valence-corrected chi connectivity index (χ1v) is 7.35. The number of esters is 1. The summed E-state index contributed by atoms with van der Waals surface area (Å²) in [5.41, 5.74) is 0.111. The van der Waals surface area contributed by atoms with Crippen LogP contribution in [-0.2, 0) is 9.47 Å². The van der Waals surface area contributed by atoms with Gasteiger partial charge in [-0.05, 0) is 6.42 Å². The minimum Gasteiger partial charge on any atom is -0.464 e. The van der Waals surface area contributed by atoms with E-state index in [-0.39, 0.29) is 17.6 Å². The SMILES string of the molecule is CCC1CN(c2nc(C(=O)OC)c(C(C)=O)s2)CCO1. The lowest BCUT2D eigenvalue weighted by Gasteiger charge is -2.32. The Morgan fingerprint density at radius 2 is 2.30 bits per heavy atom. The predicted octanol–water partition coefficient (Wildman–Crippen LogP) is 1.75. The highest BCUT2D eigenvalue weighted by molar-refractivity contribution is 7.17. The first-order chi connectivity index (χ1) is 9.56. The fourth-order valence-corrected chi connectivity index (χ4v) is 3.04. The van der Waals surface area contributed by atoms with E-state index in [0.29, 0.717) is 23.2 Å². The number of methoxy groups -OCH3 is 1. The van der Waals surface area contributed by atoms with Gasteiger partial charge in [0, 0.05) is 20.0 Å². The van der Waals surface area contributed by atoms with Crippen molar-refractivity contribution in [2.75, 3.05) is 31.7 Å². The van der Waals surface area contributed by atoms with Crippen molar-refractivity contribution in [2.24, 2.45) is 0 Å². The second kappa shape index (κ2) is 6.32. The molecule has 0 aromatic carbocycles. The van der Waals surface area contributed by atoms with Crippen LogP contribution in [0.2, 0.25) is 0 Å². The van der Waals surface area contributed by atoms with Gasteiger partial charge in [0.1, 0.15) is 4.88 Å². The summed E-state index contributed by atoms with van der Waals surface area (Å²) in [7, 11) is 1.28. The van der Waals surface area contributed by atoms with Crippen molar-refractivity contribution in [3.63, 3.8) is 0 Å². The number of Topliss-reactive ketones (excluding diaryl/α,β-unsaturated/α-hetero) is 1. The number of ether oxygens (including phenoxy) is 2. The first-order valence-electron chi connectivity index (χ1n) is 6.53. The molecule has 0 spiro atoms. The van der Waals surface area contributed by atoms with Crippen LogP contribution in [0.15, 0.2) is 0 Å². The van der Waals surface area contributed by atoms with Crippen LogP contribution in [-0.4, -0.2) is 49.6 Å². The maximum atomic E-state index is 11.7. The van der Waals surface area contributed by atoms with E-state index < -0.39 is 5.97 Å². The number of morpholine rings is 1. The Bertz CT molecular complexity index is 514. The molecule has 0 radical (unpaired) electrons. The molecule has 0 N–H and O–H groups in total. The van der Waals surface area contributed by atoms with E-state index in [0.717, 1.165) is 13.0 Å². The summed E-state index contributed by atoms with van der Waals surface area (Å²) < 4.78 is 10.3. The van der Waals surface area contributed by atoms with Crippen LogP contribution < -0.4 is 4.90 Å². The quantitative estimate of drug-likeness (QED) is 0.623. The van der Waals surface area contributed by atoms with Gasteiger partial charge < -0.3 is 14.4 Å². The zero-order valence-corrected chi connectivity index (χ0v) is 12.7. The van der Waals surface area contributed by atoms with Crippen molar-refractivity contribution >= 4 is 28.2 Å². The number of nitrogens with zero attached hydrogens (tertiary/aromatic N) is 2. The topological polar surface area (TPSA) is 68.7 Å². The number of carbonyl (C=O) groups excluding carboxylic acids is 2. The second-order valence-electron chi connectivity index (χ2n) is 4.57. The Labute approximate surface area is 121 Å². The van der Waals surface area contributed by atoms with Gasteiger partial charge >= 0.3 is 5.97 Å². The smallest absolute Gasteiger partial charge is 0.358 e. The maximum Gasteiger partial charge on any atom is 0.358 e. The largest absolute Gasteiger partial charge is 0.464 e. The highest BCUT2D eigenvalue weighted by Gasteiger charge is 2.27. The van der Waals surface area contributed by atoms with Crippen molar-refractivity contribution in [1.82, 2.24) is 4.98 Å². The number of rotatable bonds is 4. The number of ketones is 1. The van der Waals surface area contributed by atoms with Crippen molar-refractivity contribution in [1.29, 1.82) is 0 Å². The highest BCUT2D eigenvalue weighted by Crippen LogP contribution is 2.29. The Morgan fingerprint density at radius 3 is 2.90 bits per heavy atom. The fourth-order valence-electron chi connectivity index (χ4n) is 2.06. The van der Waals surface area contributed by atoms with E-state index >= 15 is 0 Å². The van der Waals surface area contributed by atoms with Crippen molar-refractivity contribution in [3.8, 4) is 0 Å². The summed E-state index contributed by atoms with van der Waals surface area (Å²) >= 11 is 1.24. The third-order valence-corrected chi connectivity index (χ3v) is 4.40. The summed E-state index contributed by atoms with van der Waals surface area (Å²) in [6.07, 6.45) is 1.08. The molecule has 1 fully saturated rings. The molecular weight excluding hydrogens is 280 g/mol. The Balaban J connectivity index is 2.28. The third kappa shape index (κ3) is 2.99. The van der Waals surface area contributed by atoms with E-state index in [4.69, 9.17) is 4.74 Å². The Kier molecular flexibility index (Phi) is 4.72. The summed E-state index contributed by atoms with van der Waals surface area (Å²) in [5, 5.41) is 0.678. The minimum atomic E-state index is -0.571. The van der Waals surface area contributed by atoms with Crippen molar-refractivity contribution in [3.05, 3.63) is 10.6 Å². The molecule has 110 valence electrons. The van der Waals surface area contributed by atoms with Gasteiger partial charge in [0.05, 0.1) is 19.8 Å². The van der Waals surface area contributed by atoms with Crippen LogP contribution in [0.25, 0.3) is 0 Å². The number of hydrogen-bond acceptors (Lipinski definition) is 7. The molecule has 1 aromatic heterocycles. The lowest BCUT2D eigenvalue weighted by atomic mass is 10.2. The molecule has 1 aliphatic heterocycles. The normalized spacial score (nSPS) is 18.9. The van der Waals surface area contributed by atoms with E-state index in [1.165, 1.54) is 25.4 Å². The number of hydrogen-bond donors (Lipinski definition) is 0. The van der Waals surface area contributed by atoms with Gasteiger partial charge in [0.2, 0.25) is 0 Å². The van der Waals surface area contributed by atoms with Gasteiger partial charge in [0.15, 0.2) is 16.6 Å². The molecule has 20 heavy (non-hydrogen) atoms. The second-order valence-corrected chi connectivity index (χ2v) is 5.55. The van der Waals surface area contributed by atoms with Crippen molar-refractivity contribution in [2.45, 2.75) is 26.4 Å². The first kappa shape index (κ1) is 14.9.